The number of thiophene rings is 1. The molecule has 0 unspecified atom stereocenters. The molecule has 0 saturated carbocycles. The largest absolute Gasteiger partial charge is 0.411 e. The van der Waals surface area contributed by atoms with Gasteiger partial charge in [0.05, 0.1) is 11.3 Å². The summed E-state index contributed by atoms with van der Waals surface area (Å²) in [6, 6.07) is 7.73. The fourth-order valence-electron chi connectivity index (χ4n) is 3.39. The number of benzene rings is 1. The van der Waals surface area contributed by atoms with E-state index in [1.54, 1.807) is 0 Å². The first-order chi connectivity index (χ1) is 14.0. The van der Waals surface area contributed by atoms with Crippen LogP contribution >= 0.6 is 23.1 Å². The maximum atomic E-state index is 12.4. The lowest BCUT2D eigenvalue weighted by molar-refractivity contribution is -0.113. The molecule has 1 aliphatic rings. The van der Waals surface area contributed by atoms with E-state index in [1.165, 1.54) is 11.3 Å². The number of rotatable bonds is 6. The van der Waals surface area contributed by atoms with Crippen LogP contribution in [0.4, 0.5) is 5.00 Å². The lowest BCUT2D eigenvalue weighted by Crippen LogP contribution is -2.19. The predicted octanol–water partition coefficient (Wildman–Crippen LogP) is 3.82. The number of carbonyl (C=O) groups is 2. The number of hydrogen-bond donors (Lipinski definition) is 2. The molecule has 2 aromatic heterocycles. The normalized spacial score (nSPS) is 13.1. The van der Waals surface area contributed by atoms with Crippen molar-refractivity contribution in [3.8, 4) is 11.5 Å². The Morgan fingerprint density at radius 2 is 2.03 bits per heavy atom. The fraction of sp³-hybridized carbons (Fsp3) is 0.300. The second kappa shape index (κ2) is 8.38. The maximum Gasteiger partial charge on any atom is 0.277 e. The summed E-state index contributed by atoms with van der Waals surface area (Å²) < 4.78 is 5.67. The highest BCUT2D eigenvalue weighted by Crippen LogP contribution is 2.38. The van der Waals surface area contributed by atoms with Crippen molar-refractivity contribution in [2.75, 3.05) is 11.1 Å². The van der Waals surface area contributed by atoms with Gasteiger partial charge in [-0.25, -0.2) is 0 Å². The molecule has 3 aromatic rings. The third-order valence-electron chi connectivity index (χ3n) is 4.78. The minimum atomic E-state index is -0.493. The molecule has 1 aromatic carbocycles. The summed E-state index contributed by atoms with van der Waals surface area (Å²) in [6.07, 6.45) is 3.88. The second-order valence-corrected chi connectivity index (χ2v) is 8.84. The lowest BCUT2D eigenvalue weighted by atomic mass is 9.95. The molecule has 7 nitrogen and oxygen atoms in total. The van der Waals surface area contributed by atoms with Gasteiger partial charge in [0.1, 0.15) is 5.00 Å². The number of aromatic nitrogens is 2. The highest BCUT2D eigenvalue weighted by molar-refractivity contribution is 7.99. The van der Waals surface area contributed by atoms with Gasteiger partial charge in [0, 0.05) is 10.4 Å². The maximum absolute atomic E-state index is 12.4. The van der Waals surface area contributed by atoms with Crippen LogP contribution in [0.5, 0.6) is 0 Å². The van der Waals surface area contributed by atoms with Gasteiger partial charge in [-0.2, -0.15) is 0 Å². The van der Waals surface area contributed by atoms with Crippen LogP contribution in [0.15, 0.2) is 33.9 Å². The fourth-order valence-corrected chi connectivity index (χ4v) is 5.27. The van der Waals surface area contributed by atoms with Crippen LogP contribution in [0.3, 0.4) is 0 Å². The summed E-state index contributed by atoms with van der Waals surface area (Å²) in [7, 11) is 0. The number of nitrogens with zero attached hydrogens (tertiary/aromatic N) is 2. The summed E-state index contributed by atoms with van der Waals surface area (Å²) >= 11 is 2.60. The van der Waals surface area contributed by atoms with Crippen molar-refractivity contribution in [1.29, 1.82) is 0 Å². The number of nitrogens with one attached hydrogen (secondary N) is 1. The van der Waals surface area contributed by atoms with Gasteiger partial charge in [-0.1, -0.05) is 30.0 Å². The summed E-state index contributed by atoms with van der Waals surface area (Å²) in [5.41, 5.74) is 8.93. The van der Waals surface area contributed by atoms with E-state index in [9.17, 15) is 9.59 Å². The Balaban J connectivity index is 1.42. The number of fused-ring (bicyclic) bond motifs is 1. The zero-order chi connectivity index (χ0) is 20.4. The van der Waals surface area contributed by atoms with Crippen molar-refractivity contribution in [2.24, 2.45) is 5.73 Å². The van der Waals surface area contributed by atoms with E-state index in [-0.39, 0.29) is 11.7 Å². The van der Waals surface area contributed by atoms with E-state index in [0.29, 0.717) is 21.7 Å². The van der Waals surface area contributed by atoms with E-state index >= 15 is 0 Å². The van der Waals surface area contributed by atoms with E-state index in [1.807, 2.05) is 31.2 Å². The molecule has 2 heterocycles. The van der Waals surface area contributed by atoms with Gasteiger partial charge in [-0.05, 0) is 49.8 Å². The summed E-state index contributed by atoms with van der Waals surface area (Å²) in [5, 5.41) is 11.8. The van der Waals surface area contributed by atoms with Gasteiger partial charge in [-0.3, -0.25) is 9.59 Å². The number of amides is 2. The van der Waals surface area contributed by atoms with Crippen LogP contribution in [-0.2, 0) is 17.6 Å². The zero-order valence-corrected chi connectivity index (χ0v) is 17.5. The van der Waals surface area contributed by atoms with E-state index in [2.05, 4.69) is 15.5 Å². The van der Waals surface area contributed by atoms with Crippen LogP contribution in [-0.4, -0.2) is 27.8 Å². The molecule has 9 heteroatoms. The van der Waals surface area contributed by atoms with Gasteiger partial charge in [0.2, 0.25) is 11.8 Å². The number of hydrogen-bond acceptors (Lipinski definition) is 7. The molecule has 1 aliphatic carbocycles. The summed E-state index contributed by atoms with van der Waals surface area (Å²) in [4.78, 5) is 25.5. The first-order valence-corrected chi connectivity index (χ1v) is 11.1. The minimum Gasteiger partial charge on any atom is -0.411 e. The molecular formula is C20H20N4O3S2. The van der Waals surface area contributed by atoms with E-state index in [0.717, 1.165) is 59.0 Å². The monoisotopic (exact) mass is 428 g/mol. The molecular weight excluding hydrogens is 408 g/mol. The molecule has 29 heavy (non-hydrogen) atoms. The molecule has 3 N–H and O–H groups in total. The molecule has 0 fully saturated rings. The predicted molar refractivity (Wildman–Crippen MR) is 113 cm³/mol. The Labute approximate surface area is 176 Å². The van der Waals surface area contributed by atoms with Crippen LogP contribution in [0.2, 0.25) is 0 Å². The Bertz CT molecular complexity index is 1070. The van der Waals surface area contributed by atoms with Gasteiger partial charge in [0.15, 0.2) is 0 Å². The highest BCUT2D eigenvalue weighted by atomic mass is 32.2. The van der Waals surface area contributed by atoms with Crippen LogP contribution in [0, 0.1) is 6.92 Å². The molecule has 0 atom stereocenters. The Morgan fingerprint density at radius 1 is 1.24 bits per heavy atom. The second-order valence-electron chi connectivity index (χ2n) is 6.80. The standard InChI is InChI=1S/C20H20N4O3S2/c1-11-6-2-3-7-12(11)18-23-24-20(27-18)28-10-15(25)22-19-16(17(21)26)13-8-4-5-9-14(13)29-19/h2-3,6-7H,4-5,8-10H2,1H3,(H2,21,26)(H,22,25). The van der Waals surface area contributed by atoms with Crippen molar-refractivity contribution < 1.29 is 14.0 Å². The first kappa shape index (κ1) is 19.7. The van der Waals surface area contributed by atoms with Crippen molar-refractivity contribution in [3.63, 3.8) is 0 Å². The number of nitrogens with two attached hydrogens (primary N) is 1. The average molecular weight is 429 g/mol. The Hall–Kier alpha value is -2.65. The average Bonchev–Trinajstić information content (AvgIpc) is 3.30. The SMILES string of the molecule is Cc1ccccc1-c1nnc(SCC(=O)Nc2sc3c(c2C(N)=O)CCCC3)o1. The molecule has 0 aliphatic heterocycles. The Kier molecular flexibility index (Phi) is 5.68. The van der Waals surface area contributed by atoms with Crippen LogP contribution in [0.1, 0.15) is 39.2 Å². The highest BCUT2D eigenvalue weighted by Gasteiger charge is 2.25. The molecule has 150 valence electrons. The van der Waals surface area contributed by atoms with E-state index in [4.69, 9.17) is 10.2 Å². The third-order valence-corrected chi connectivity index (χ3v) is 6.81. The Morgan fingerprint density at radius 3 is 2.83 bits per heavy atom. The lowest BCUT2D eigenvalue weighted by Gasteiger charge is -2.11. The number of anilines is 1. The molecule has 0 radical (unpaired) electrons. The van der Waals surface area contributed by atoms with Crippen molar-refractivity contribution in [1.82, 2.24) is 10.2 Å². The first-order valence-electron chi connectivity index (χ1n) is 9.29. The van der Waals surface area contributed by atoms with Crippen molar-refractivity contribution in [2.45, 2.75) is 37.8 Å². The zero-order valence-electron chi connectivity index (χ0n) is 15.9. The van der Waals surface area contributed by atoms with Crippen LogP contribution in [0.25, 0.3) is 11.5 Å². The number of aryl methyl sites for hydroxylation is 2. The summed E-state index contributed by atoms with van der Waals surface area (Å²) in [5.74, 6) is -0.220. The number of thioether (sulfide) groups is 1. The van der Waals surface area contributed by atoms with Crippen LogP contribution < -0.4 is 11.1 Å². The number of primary amides is 1. The minimum absolute atomic E-state index is 0.0934. The molecule has 0 spiro atoms. The molecule has 2 amide bonds. The van der Waals surface area contributed by atoms with Gasteiger partial charge in [0.25, 0.3) is 11.1 Å². The van der Waals surface area contributed by atoms with Gasteiger partial charge >= 0.3 is 0 Å². The molecule has 0 saturated heterocycles. The van der Waals surface area contributed by atoms with Gasteiger partial charge < -0.3 is 15.5 Å². The smallest absolute Gasteiger partial charge is 0.277 e. The third kappa shape index (κ3) is 4.20. The molecule has 0 bridgehead atoms. The molecule has 4 rings (SSSR count). The van der Waals surface area contributed by atoms with E-state index < -0.39 is 5.91 Å². The summed E-state index contributed by atoms with van der Waals surface area (Å²) in [6.45, 7) is 1.97. The quantitative estimate of drug-likeness (QED) is 0.578. The van der Waals surface area contributed by atoms with Gasteiger partial charge in [-0.15, -0.1) is 21.5 Å². The van der Waals surface area contributed by atoms with Crippen molar-refractivity contribution in [3.05, 3.63) is 45.8 Å². The number of carbonyl (C=O) groups excluding carboxylic acids is 2. The topological polar surface area (TPSA) is 111 Å². The van der Waals surface area contributed by atoms with Crippen molar-refractivity contribution >= 4 is 39.9 Å².